The molecule has 0 fully saturated rings. The SMILES string of the molecule is COCC(=O)CCCc1ccc(Oc2cc(CCc3ncc(Cl)cn3)ccn2)cc1. The monoisotopic (exact) mass is 425 g/mol. The lowest BCUT2D eigenvalue weighted by Gasteiger charge is -2.08. The van der Waals surface area contributed by atoms with Crippen LogP contribution in [0.1, 0.15) is 29.8 Å². The summed E-state index contributed by atoms with van der Waals surface area (Å²) in [7, 11) is 1.54. The van der Waals surface area contributed by atoms with Crippen molar-refractivity contribution in [3.8, 4) is 11.6 Å². The molecule has 0 saturated carbocycles. The van der Waals surface area contributed by atoms with E-state index in [1.54, 1.807) is 18.6 Å². The minimum Gasteiger partial charge on any atom is -0.439 e. The van der Waals surface area contributed by atoms with Gasteiger partial charge in [0.2, 0.25) is 5.88 Å². The summed E-state index contributed by atoms with van der Waals surface area (Å²) in [5.74, 6) is 2.14. The first-order valence-corrected chi connectivity index (χ1v) is 10.2. The molecule has 3 rings (SSSR count). The molecular weight excluding hydrogens is 402 g/mol. The van der Waals surface area contributed by atoms with Gasteiger partial charge in [-0.3, -0.25) is 4.79 Å². The molecular formula is C23H24ClN3O3. The molecule has 3 aromatic rings. The van der Waals surface area contributed by atoms with Crippen molar-refractivity contribution >= 4 is 17.4 Å². The Morgan fingerprint density at radius 1 is 0.967 bits per heavy atom. The zero-order valence-corrected chi connectivity index (χ0v) is 17.6. The van der Waals surface area contributed by atoms with Gasteiger partial charge in [0.15, 0.2) is 5.78 Å². The molecule has 0 aliphatic heterocycles. The molecule has 0 N–H and O–H groups in total. The molecule has 0 radical (unpaired) electrons. The van der Waals surface area contributed by atoms with E-state index in [-0.39, 0.29) is 12.4 Å². The number of carbonyl (C=O) groups excluding carboxylic acids is 1. The Bertz CT molecular complexity index is 947. The van der Waals surface area contributed by atoms with Crippen molar-refractivity contribution in [2.24, 2.45) is 0 Å². The van der Waals surface area contributed by atoms with E-state index in [1.165, 1.54) is 7.11 Å². The van der Waals surface area contributed by atoms with Gasteiger partial charge in [0.25, 0.3) is 0 Å². The van der Waals surface area contributed by atoms with E-state index >= 15 is 0 Å². The molecule has 0 aliphatic rings. The fourth-order valence-corrected chi connectivity index (χ4v) is 3.05. The van der Waals surface area contributed by atoms with Crippen LogP contribution in [0.4, 0.5) is 0 Å². The van der Waals surface area contributed by atoms with E-state index in [2.05, 4.69) is 15.0 Å². The highest BCUT2D eigenvalue weighted by molar-refractivity contribution is 6.30. The number of aryl methyl sites for hydroxylation is 3. The second kappa shape index (κ2) is 11.4. The lowest BCUT2D eigenvalue weighted by molar-refractivity contribution is -0.122. The molecule has 2 aromatic heterocycles. The molecule has 0 aliphatic carbocycles. The van der Waals surface area contributed by atoms with E-state index in [0.717, 1.165) is 42.0 Å². The summed E-state index contributed by atoms with van der Waals surface area (Å²) in [4.78, 5) is 24.2. The molecule has 7 heteroatoms. The number of carbonyl (C=O) groups is 1. The minimum atomic E-state index is 0.131. The van der Waals surface area contributed by atoms with Gasteiger partial charge in [-0.1, -0.05) is 23.7 Å². The van der Waals surface area contributed by atoms with Crippen molar-refractivity contribution in [1.82, 2.24) is 15.0 Å². The van der Waals surface area contributed by atoms with Crippen LogP contribution < -0.4 is 4.74 Å². The third-order valence-corrected chi connectivity index (χ3v) is 4.68. The predicted octanol–water partition coefficient (Wildman–Crippen LogP) is 4.64. The number of pyridine rings is 1. The molecule has 30 heavy (non-hydrogen) atoms. The fourth-order valence-electron chi connectivity index (χ4n) is 2.95. The Balaban J connectivity index is 1.50. The minimum absolute atomic E-state index is 0.131. The second-order valence-corrected chi connectivity index (χ2v) is 7.33. The second-order valence-electron chi connectivity index (χ2n) is 6.89. The molecule has 0 bridgehead atoms. The Labute approximate surface area is 181 Å². The van der Waals surface area contributed by atoms with Crippen LogP contribution in [0, 0.1) is 0 Å². The van der Waals surface area contributed by atoms with E-state index in [4.69, 9.17) is 21.1 Å². The fraction of sp³-hybridized carbons (Fsp3) is 0.304. The highest BCUT2D eigenvalue weighted by atomic mass is 35.5. The predicted molar refractivity (Wildman–Crippen MR) is 115 cm³/mol. The zero-order chi connectivity index (χ0) is 21.2. The highest BCUT2D eigenvalue weighted by Gasteiger charge is 2.05. The first-order valence-electron chi connectivity index (χ1n) is 9.81. The van der Waals surface area contributed by atoms with Gasteiger partial charge in [-0.2, -0.15) is 0 Å². The number of aromatic nitrogens is 3. The number of Topliss-reactive ketones (excluding diaryl/α,β-unsaturated/α-hetero) is 1. The van der Waals surface area contributed by atoms with Gasteiger partial charge in [0.05, 0.1) is 5.02 Å². The number of ether oxygens (including phenoxy) is 2. The van der Waals surface area contributed by atoms with Gasteiger partial charge in [-0.15, -0.1) is 0 Å². The molecule has 0 atom stereocenters. The average Bonchev–Trinajstić information content (AvgIpc) is 2.75. The van der Waals surface area contributed by atoms with Gasteiger partial charge < -0.3 is 9.47 Å². The van der Waals surface area contributed by atoms with Gasteiger partial charge in [-0.05, 0) is 48.6 Å². The third kappa shape index (κ3) is 7.21. The maximum atomic E-state index is 11.5. The van der Waals surface area contributed by atoms with Crippen molar-refractivity contribution < 1.29 is 14.3 Å². The first-order chi connectivity index (χ1) is 14.6. The summed E-state index contributed by atoms with van der Waals surface area (Å²) in [6, 6.07) is 11.7. The van der Waals surface area contributed by atoms with Crippen LogP contribution in [0.25, 0.3) is 0 Å². The number of hydrogen-bond acceptors (Lipinski definition) is 6. The highest BCUT2D eigenvalue weighted by Crippen LogP contribution is 2.21. The van der Waals surface area contributed by atoms with Crippen LogP contribution >= 0.6 is 11.6 Å². The number of benzene rings is 1. The zero-order valence-electron chi connectivity index (χ0n) is 16.9. The van der Waals surface area contributed by atoms with Crippen molar-refractivity contribution in [2.45, 2.75) is 32.1 Å². The molecule has 0 saturated heterocycles. The van der Waals surface area contributed by atoms with Crippen molar-refractivity contribution in [1.29, 1.82) is 0 Å². The summed E-state index contributed by atoms with van der Waals surface area (Å²) in [6.07, 6.45) is 8.61. The molecule has 1 aromatic carbocycles. The van der Waals surface area contributed by atoms with E-state index in [1.807, 2.05) is 36.4 Å². The van der Waals surface area contributed by atoms with Crippen molar-refractivity contribution in [3.05, 3.63) is 77.0 Å². The summed E-state index contributed by atoms with van der Waals surface area (Å²) < 4.78 is 10.7. The smallest absolute Gasteiger partial charge is 0.219 e. The third-order valence-electron chi connectivity index (χ3n) is 4.48. The maximum Gasteiger partial charge on any atom is 0.219 e. The largest absolute Gasteiger partial charge is 0.439 e. The summed E-state index contributed by atoms with van der Waals surface area (Å²) in [6.45, 7) is 0.186. The Morgan fingerprint density at radius 2 is 1.73 bits per heavy atom. The number of hydrogen-bond donors (Lipinski definition) is 0. The van der Waals surface area contributed by atoms with Gasteiger partial charge in [0, 0.05) is 44.6 Å². The van der Waals surface area contributed by atoms with Crippen LogP contribution in [0.15, 0.2) is 55.0 Å². The standard InChI is InChI=1S/C23H24ClN3O3/c1-29-16-20(28)4-2-3-17-5-8-21(9-6-17)30-23-13-18(11-12-25-23)7-10-22-26-14-19(24)15-27-22/h5-6,8-9,11-15H,2-4,7,10,16H2,1H3. The van der Waals surface area contributed by atoms with Crippen LogP contribution in [-0.2, 0) is 28.8 Å². The van der Waals surface area contributed by atoms with Gasteiger partial charge in [-0.25, -0.2) is 15.0 Å². The molecule has 2 heterocycles. The first kappa shape index (κ1) is 21.9. The number of methoxy groups -OCH3 is 1. The Kier molecular flexibility index (Phi) is 8.30. The van der Waals surface area contributed by atoms with Crippen LogP contribution in [0.3, 0.4) is 0 Å². The molecule has 0 spiro atoms. The number of halogens is 1. The van der Waals surface area contributed by atoms with Crippen LogP contribution in [0.2, 0.25) is 5.02 Å². The quantitative estimate of drug-likeness (QED) is 0.445. The van der Waals surface area contributed by atoms with E-state index < -0.39 is 0 Å². The molecule has 6 nitrogen and oxygen atoms in total. The Morgan fingerprint density at radius 3 is 2.47 bits per heavy atom. The Hall–Kier alpha value is -2.83. The van der Waals surface area contributed by atoms with E-state index in [0.29, 0.717) is 23.7 Å². The summed E-state index contributed by atoms with van der Waals surface area (Å²) >= 11 is 5.82. The van der Waals surface area contributed by atoms with Crippen molar-refractivity contribution in [2.75, 3.05) is 13.7 Å². The lowest BCUT2D eigenvalue weighted by atomic mass is 10.1. The molecule has 156 valence electrons. The maximum absolute atomic E-state index is 11.5. The topological polar surface area (TPSA) is 74.2 Å². The molecule has 0 amide bonds. The summed E-state index contributed by atoms with van der Waals surface area (Å²) in [5, 5.41) is 0.531. The van der Waals surface area contributed by atoms with Crippen LogP contribution in [-0.4, -0.2) is 34.5 Å². The average molecular weight is 426 g/mol. The van der Waals surface area contributed by atoms with Crippen molar-refractivity contribution in [3.63, 3.8) is 0 Å². The van der Waals surface area contributed by atoms with Gasteiger partial charge >= 0.3 is 0 Å². The van der Waals surface area contributed by atoms with Crippen LogP contribution in [0.5, 0.6) is 11.6 Å². The summed E-state index contributed by atoms with van der Waals surface area (Å²) in [5.41, 5.74) is 2.26. The molecule has 0 unspecified atom stereocenters. The number of nitrogens with zero attached hydrogens (tertiary/aromatic N) is 3. The number of rotatable bonds is 11. The van der Waals surface area contributed by atoms with E-state index in [9.17, 15) is 4.79 Å². The lowest BCUT2D eigenvalue weighted by Crippen LogP contribution is -2.06. The number of ketones is 1. The normalized spacial score (nSPS) is 10.7. The van der Waals surface area contributed by atoms with Gasteiger partial charge in [0.1, 0.15) is 18.2 Å².